The summed E-state index contributed by atoms with van der Waals surface area (Å²) in [6.07, 6.45) is 7.73. The Labute approximate surface area is 114 Å². The van der Waals surface area contributed by atoms with Gasteiger partial charge in [-0.15, -0.1) is 0 Å². The van der Waals surface area contributed by atoms with Gasteiger partial charge in [0.2, 0.25) is 0 Å². The number of carbonyl (C=O) groups excluding carboxylic acids is 1. The Hall–Kier alpha value is -1.36. The standard InChI is InChI=1S/C14H24N4O/c1-11-13(10-17(2)16-11)14(19)18(9-8-15)12-6-4-3-5-7-12/h10,12H,3-9,15H2,1-2H3. The molecule has 1 fully saturated rings. The van der Waals surface area contributed by atoms with Crippen molar-refractivity contribution in [2.45, 2.75) is 45.1 Å². The minimum atomic E-state index is 0.0861. The van der Waals surface area contributed by atoms with Crippen molar-refractivity contribution < 1.29 is 4.79 Å². The lowest BCUT2D eigenvalue weighted by Crippen LogP contribution is -2.44. The first-order chi connectivity index (χ1) is 9.13. The molecular formula is C14H24N4O. The highest BCUT2D eigenvalue weighted by Gasteiger charge is 2.27. The minimum absolute atomic E-state index is 0.0861. The molecule has 1 aromatic rings. The summed E-state index contributed by atoms with van der Waals surface area (Å²) in [5.41, 5.74) is 7.19. The molecule has 1 saturated carbocycles. The Balaban J connectivity index is 2.17. The molecule has 0 unspecified atom stereocenters. The first kappa shape index (κ1) is 14.1. The summed E-state index contributed by atoms with van der Waals surface area (Å²) < 4.78 is 1.70. The normalized spacial score (nSPS) is 16.6. The van der Waals surface area contributed by atoms with E-state index >= 15 is 0 Å². The van der Waals surface area contributed by atoms with Crippen LogP contribution in [-0.4, -0.2) is 39.7 Å². The third-order valence-corrected chi connectivity index (χ3v) is 3.89. The lowest BCUT2D eigenvalue weighted by molar-refractivity contribution is 0.0641. The number of nitrogens with zero attached hydrogens (tertiary/aromatic N) is 3. The zero-order valence-corrected chi connectivity index (χ0v) is 11.9. The molecule has 0 bridgehead atoms. The maximum Gasteiger partial charge on any atom is 0.257 e. The summed E-state index contributed by atoms with van der Waals surface area (Å²) in [4.78, 5) is 14.6. The fourth-order valence-electron chi connectivity index (χ4n) is 2.95. The lowest BCUT2D eigenvalue weighted by atomic mass is 9.93. The van der Waals surface area contributed by atoms with E-state index in [1.807, 2.05) is 25.1 Å². The topological polar surface area (TPSA) is 64.2 Å². The van der Waals surface area contributed by atoms with Crippen molar-refractivity contribution in [3.05, 3.63) is 17.5 Å². The van der Waals surface area contributed by atoms with Crippen LogP contribution in [0.25, 0.3) is 0 Å². The molecule has 0 aliphatic heterocycles. The Bertz CT molecular complexity index is 435. The molecule has 5 nitrogen and oxygen atoms in total. The number of hydrogen-bond donors (Lipinski definition) is 1. The lowest BCUT2D eigenvalue weighted by Gasteiger charge is -2.34. The molecule has 1 aliphatic rings. The Morgan fingerprint density at radius 1 is 1.47 bits per heavy atom. The molecule has 1 amide bonds. The highest BCUT2D eigenvalue weighted by atomic mass is 16.2. The second-order valence-electron chi connectivity index (χ2n) is 5.38. The van der Waals surface area contributed by atoms with Crippen LogP contribution in [0, 0.1) is 6.92 Å². The third-order valence-electron chi connectivity index (χ3n) is 3.89. The molecule has 0 radical (unpaired) electrons. The van der Waals surface area contributed by atoms with Gasteiger partial charge in [-0.05, 0) is 19.8 Å². The van der Waals surface area contributed by atoms with Gasteiger partial charge < -0.3 is 10.6 Å². The summed E-state index contributed by atoms with van der Waals surface area (Å²) in [6, 6.07) is 0.351. The first-order valence-electron chi connectivity index (χ1n) is 7.14. The monoisotopic (exact) mass is 264 g/mol. The van der Waals surface area contributed by atoms with Crippen molar-refractivity contribution in [1.29, 1.82) is 0 Å². The van der Waals surface area contributed by atoms with E-state index in [2.05, 4.69) is 5.10 Å². The van der Waals surface area contributed by atoms with Crippen LogP contribution in [0.5, 0.6) is 0 Å². The molecule has 19 heavy (non-hydrogen) atoms. The summed E-state index contributed by atoms with van der Waals surface area (Å²) in [6.45, 7) is 3.04. The maximum atomic E-state index is 12.7. The van der Waals surface area contributed by atoms with Crippen molar-refractivity contribution in [2.75, 3.05) is 13.1 Å². The predicted molar refractivity (Wildman–Crippen MR) is 74.9 cm³/mol. The number of nitrogens with two attached hydrogens (primary N) is 1. The van der Waals surface area contributed by atoms with Gasteiger partial charge in [-0.2, -0.15) is 5.10 Å². The molecule has 106 valence electrons. The fourth-order valence-corrected chi connectivity index (χ4v) is 2.95. The van der Waals surface area contributed by atoms with E-state index in [9.17, 15) is 4.79 Å². The number of amides is 1. The van der Waals surface area contributed by atoms with Crippen LogP contribution < -0.4 is 5.73 Å². The Morgan fingerprint density at radius 3 is 2.68 bits per heavy atom. The van der Waals surface area contributed by atoms with Gasteiger partial charge in [0.05, 0.1) is 11.3 Å². The molecule has 0 aromatic carbocycles. The molecule has 0 atom stereocenters. The van der Waals surface area contributed by atoms with E-state index in [-0.39, 0.29) is 5.91 Å². The van der Waals surface area contributed by atoms with Crippen molar-refractivity contribution in [2.24, 2.45) is 12.8 Å². The molecule has 1 aliphatic carbocycles. The maximum absolute atomic E-state index is 12.7. The van der Waals surface area contributed by atoms with Crippen molar-refractivity contribution in [3.8, 4) is 0 Å². The highest BCUT2D eigenvalue weighted by Crippen LogP contribution is 2.24. The molecule has 2 N–H and O–H groups in total. The number of hydrogen-bond acceptors (Lipinski definition) is 3. The summed E-state index contributed by atoms with van der Waals surface area (Å²) in [5, 5.41) is 4.26. The molecule has 1 heterocycles. The highest BCUT2D eigenvalue weighted by molar-refractivity contribution is 5.95. The van der Waals surface area contributed by atoms with Crippen LogP contribution in [0.4, 0.5) is 0 Å². The van der Waals surface area contributed by atoms with Crippen LogP contribution >= 0.6 is 0 Å². The van der Waals surface area contributed by atoms with Gasteiger partial charge in [0.25, 0.3) is 5.91 Å². The number of aryl methyl sites for hydroxylation is 2. The fraction of sp³-hybridized carbons (Fsp3) is 0.714. The van der Waals surface area contributed by atoms with Gasteiger partial charge in [0.1, 0.15) is 0 Å². The second kappa shape index (κ2) is 6.19. The predicted octanol–water partition coefficient (Wildman–Crippen LogP) is 1.46. The van der Waals surface area contributed by atoms with Gasteiger partial charge in [0, 0.05) is 32.4 Å². The van der Waals surface area contributed by atoms with Gasteiger partial charge >= 0.3 is 0 Å². The van der Waals surface area contributed by atoms with E-state index in [1.54, 1.807) is 4.68 Å². The molecule has 0 spiro atoms. The summed E-state index contributed by atoms with van der Waals surface area (Å²) in [7, 11) is 1.84. The quantitative estimate of drug-likeness (QED) is 0.895. The van der Waals surface area contributed by atoms with Crippen molar-refractivity contribution in [3.63, 3.8) is 0 Å². The van der Waals surface area contributed by atoms with Gasteiger partial charge in [-0.25, -0.2) is 0 Å². The average molecular weight is 264 g/mol. The smallest absolute Gasteiger partial charge is 0.257 e. The Kier molecular flexibility index (Phi) is 4.58. The molecular weight excluding hydrogens is 240 g/mol. The van der Waals surface area contributed by atoms with Gasteiger partial charge in [-0.1, -0.05) is 19.3 Å². The number of carbonyl (C=O) groups is 1. The van der Waals surface area contributed by atoms with Gasteiger partial charge in [-0.3, -0.25) is 9.48 Å². The van der Waals surface area contributed by atoms with Crippen LogP contribution in [0.1, 0.15) is 48.2 Å². The minimum Gasteiger partial charge on any atom is -0.334 e. The average Bonchev–Trinajstić information content (AvgIpc) is 2.75. The van der Waals surface area contributed by atoms with E-state index in [1.165, 1.54) is 19.3 Å². The number of aromatic nitrogens is 2. The van der Waals surface area contributed by atoms with Crippen molar-refractivity contribution in [1.82, 2.24) is 14.7 Å². The van der Waals surface area contributed by atoms with E-state index < -0.39 is 0 Å². The van der Waals surface area contributed by atoms with Crippen LogP contribution in [-0.2, 0) is 7.05 Å². The first-order valence-corrected chi connectivity index (χ1v) is 7.14. The van der Waals surface area contributed by atoms with E-state index in [0.29, 0.717) is 24.7 Å². The van der Waals surface area contributed by atoms with Crippen LogP contribution in [0.15, 0.2) is 6.20 Å². The van der Waals surface area contributed by atoms with E-state index in [4.69, 9.17) is 5.73 Å². The van der Waals surface area contributed by atoms with E-state index in [0.717, 1.165) is 18.5 Å². The molecule has 5 heteroatoms. The zero-order valence-electron chi connectivity index (χ0n) is 11.9. The molecule has 1 aromatic heterocycles. The van der Waals surface area contributed by atoms with Crippen molar-refractivity contribution >= 4 is 5.91 Å². The van der Waals surface area contributed by atoms with Crippen LogP contribution in [0.3, 0.4) is 0 Å². The third kappa shape index (κ3) is 3.15. The second-order valence-corrected chi connectivity index (χ2v) is 5.38. The van der Waals surface area contributed by atoms with Crippen LogP contribution in [0.2, 0.25) is 0 Å². The Morgan fingerprint density at radius 2 is 2.16 bits per heavy atom. The molecule has 2 rings (SSSR count). The molecule has 0 saturated heterocycles. The zero-order chi connectivity index (χ0) is 13.8. The SMILES string of the molecule is Cc1nn(C)cc1C(=O)N(CCN)C1CCCCC1. The largest absolute Gasteiger partial charge is 0.334 e. The number of rotatable bonds is 4. The van der Waals surface area contributed by atoms with Gasteiger partial charge in [0.15, 0.2) is 0 Å². The summed E-state index contributed by atoms with van der Waals surface area (Å²) >= 11 is 0. The summed E-state index contributed by atoms with van der Waals surface area (Å²) in [5.74, 6) is 0.0861.